The summed E-state index contributed by atoms with van der Waals surface area (Å²) in [5.41, 5.74) is 1.60. The van der Waals surface area contributed by atoms with E-state index in [-0.39, 0.29) is 25.4 Å². The van der Waals surface area contributed by atoms with Crippen LogP contribution >= 0.6 is 0 Å². The van der Waals surface area contributed by atoms with Crippen LogP contribution in [0.2, 0.25) is 0 Å². The fraction of sp³-hybridized carbons (Fsp3) is 0.565. The molecule has 2 aromatic heterocycles. The highest BCUT2D eigenvalue weighted by Crippen LogP contribution is 2.33. The molecule has 2 atom stereocenters. The van der Waals surface area contributed by atoms with E-state index in [0.29, 0.717) is 30.7 Å². The number of fused-ring (bicyclic) bond motifs is 1. The molecule has 178 valence electrons. The maximum absolute atomic E-state index is 15.3. The van der Waals surface area contributed by atoms with Crippen molar-refractivity contribution in [3.63, 3.8) is 0 Å². The minimum atomic E-state index is -1.27. The van der Waals surface area contributed by atoms with Gasteiger partial charge in [0.1, 0.15) is 17.4 Å². The number of halogens is 1. The highest BCUT2D eigenvalue weighted by molar-refractivity contribution is 6.06. The van der Waals surface area contributed by atoms with Crippen LogP contribution in [0, 0.1) is 0 Å². The molecule has 2 aliphatic heterocycles. The molecule has 2 fully saturated rings. The van der Waals surface area contributed by atoms with Gasteiger partial charge in [-0.25, -0.2) is 19.0 Å². The number of aromatic nitrogens is 2. The number of nitrogens with zero attached hydrogens (tertiary/aromatic N) is 4. The number of anilines is 1. The first-order valence-electron chi connectivity index (χ1n) is 11.3. The summed E-state index contributed by atoms with van der Waals surface area (Å²) < 4.78 is 22.5. The number of imide groups is 1. The quantitative estimate of drug-likeness (QED) is 0.757. The lowest BCUT2D eigenvalue weighted by Gasteiger charge is -2.36. The normalized spacial score (nSPS) is 22.0. The van der Waals surface area contributed by atoms with Gasteiger partial charge in [0.25, 0.3) is 0 Å². The molecule has 0 radical (unpaired) electrons. The molecule has 2 aromatic rings. The molecule has 33 heavy (non-hydrogen) atoms. The van der Waals surface area contributed by atoms with Crippen molar-refractivity contribution in [3.8, 4) is 0 Å². The van der Waals surface area contributed by atoms with Gasteiger partial charge in [-0.05, 0) is 45.2 Å². The van der Waals surface area contributed by atoms with Crippen molar-refractivity contribution < 1.29 is 23.5 Å². The van der Waals surface area contributed by atoms with Crippen molar-refractivity contribution in [1.29, 1.82) is 0 Å². The van der Waals surface area contributed by atoms with Gasteiger partial charge in [-0.1, -0.05) is 6.92 Å². The van der Waals surface area contributed by atoms with E-state index in [2.05, 4.69) is 10.3 Å². The topological polar surface area (TPSA) is 96.8 Å². The summed E-state index contributed by atoms with van der Waals surface area (Å²) in [6.45, 7) is 8.00. The Bertz CT molecular complexity index is 1090. The van der Waals surface area contributed by atoms with Crippen molar-refractivity contribution in [1.82, 2.24) is 19.8 Å². The van der Waals surface area contributed by atoms with E-state index in [4.69, 9.17) is 4.74 Å². The maximum Gasteiger partial charge on any atom is 0.410 e. The standard InChI is InChI=1S/C23H30FN5O4/c1-5-14-12-29(18-6-8-27(13-17(18)24)22(32)33-23(2,3)4)20-16(14)10-15(11-25-20)28-9-7-19(30)26-21(28)31/h10-12,17-18H,5-9,13H2,1-4H3,(H,26,30,31). The number of pyridine rings is 1. The third-order valence-corrected chi connectivity index (χ3v) is 6.00. The molecule has 0 spiro atoms. The summed E-state index contributed by atoms with van der Waals surface area (Å²) in [7, 11) is 0. The fourth-order valence-electron chi connectivity index (χ4n) is 4.38. The van der Waals surface area contributed by atoms with E-state index in [0.717, 1.165) is 10.9 Å². The number of hydrogen-bond donors (Lipinski definition) is 1. The van der Waals surface area contributed by atoms with Gasteiger partial charge in [0, 0.05) is 31.1 Å². The van der Waals surface area contributed by atoms with Crippen LogP contribution in [-0.2, 0) is 16.0 Å². The summed E-state index contributed by atoms with van der Waals surface area (Å²) >= 11 is 0. The number of likely N-dealkylation sites (tertiary alicyclic amines) is 1. The van der Waals surface area contributed by atoms with Crippen molar-refractivity contribution in [2.75, 3.05) is 24.5 Å². The van der Waals surface area contributed by atoms with Gasteiger partial charge in [-0.3, -0.25) is 15.0 Å². The van der Waals surface area contributed by atoms with Crippen molar-refractivity contribution in [2.45, 2.75) is 64.8 Å². The zero-order chi connectivity index (χ0) is 23.9. The fourth-order valence-corrected chi connectivity index (χ4v) is 4.38. The lowest BCUT2D eigenvalue weighted by Crippen LogP contribution is -2.49. The van der Waals surface area contributed by atoms with E-state index < -0.39 is 29.9 Å². The molecule has 1 N–H and O–H groups in total. The van der Waals surface area contributed by atoms with Crippen molar-refractivity contribution in [3.05, 3.63) is 24.0 Å². The summed E-state index contributed by atoms with van der Waals surface area (Å²) in [4.78, 5) is 43.5. The van der Waals surface area contributed by atoms with Gasteiger partial charge >= 0.3 is 12.1 Å². The molecule has 4 rings (SSSR count). The van der Waals surface area contributed by atoms with Crippen molar-refractivity contribution in [2.24, 2.45) is 0 Å². The Morgan fingerprint density at radius 2 is 2.06 bits per heavy atom. The lowest BCUT2D eigenvalue weighted by molar-refractivity contribution is -0.120. The van der Waals surface area contributed by atoms with Gasteiger partial charge in [-0.2, -0.15) is 0 Å². The van der Waals surface area contributed by atoms with E-state index in [1.165, 1.54) is 9.80 Å². The highest BCUT2D eigenvalue weighted by Gasteiger charge is 2.35. The zero-order valence-electron chi connectivity index (χ0n) is 19.4. The molecule has 10 heteroatoms. The average molecular weight is 460 g/mol. The number of alkyl halides is 1. The van der Waals surface area contributed by atoms with Crippen LogP contribution in [0.5, 0.6) is 0 Å². The number of piperidine rings is 1. The highest BCUT2D eigenvalue weighted by atomic mass is 19.1. The lowest BCUT2D eigenvalue weighted by atomic mass is 10.0. The molecule has 2 aliphatic rings. The minimum absolute atomic E-state index is 0.0409. The first kappa shape index (κ1) is 23.0. The predicted octanol–water partition coefficient (Wildman–Crippen LogP) is 3.57. The Morgan fingerprint density at radius 3 is 2.70 bits per heavy atom. The van der Waals surface area contributed by atoms with E-state index in [9.17, 15) is 14.4 Å². The summed E-state index contributed by atoms with van der Waals surface area (Å²) in [5.74, 6) is -0.294. The monoisotopic (exact) mass is 459 g/mol. The minimum Gasteiger partial charge on any atom is -0.444 e. The van der Waals surface area contributed by atoms with Gasteiger partial charge in [-0.15, -0.1) is 0 Å². The van der Waals surface area contributed by atoms with Gasteiger partial charge in [0.15, 0.2) is 0 Å². The van der Waals surface area contributed by atoms with Crippen LogP contribution in [0.1, 0.15) is 52.1 Å². The van der Waals surface area contributed by atoms with Crippen LogP contribution in [0.15, 0.2) is 18.5 Å². The zero-order valence-corrected chi connectivity index (χ0v) is 19.4. The number of rotatable bonds is 3. The number of ether oxygens (including phenoxy) is 1. The molecule has 0 aromatic carbocycles. The molecule has 9 nitrogen and oxygen atoms in total. The average Bonchev–Trinajstić information content (AvgIpc) is 3.10. The first-order valence-corrected chi connectivity index (χ1v) is 11.3. The smallest absolute Gasteiger partial charge is 0.410 e. The molecule has 0 saturated carbocycles. The van der Waals surface area contributed by atoms with Crippen LogP contribution in [0.3, 0.4) is 0 Å². The second-order valence-electron chi connectivity index (χ2n) is 9.53. The number of urea groups is 1. The summed E-state index contributed by atoms with van der Waals surface area (Å²) in [6, 6.07) is 0.944. The number of hydrogen-bond acceptors (Lipinski definition) is 5. The molecule has 4 heterocycles. The number of carbonyl (C=O) groups excluding carboxylic acids is 3. The molecule has 0 bridgehead atoms. The third kappa shape index (κ3) is 4.65. The molecular weight excluding hydrogens is 429 g/mol. The number of carbonyl (C=O) groups is 3. The van der Waals surface area contributed by atoms with Crippen LogP contribution < -0.4 is 10.2 Å². The van der Waals surface area contributed by atoms with Gasteiger partial charge < -0.3 is 14.2 Å². The molecular formula is C23H30FN5O4. The predicted molar refractivity (Wildman–Crippen MR) is 121 cm³/mol. The Balaban J connectivity index is 1.58. The van der Waals surface area contributed by atoms with Gasteiger partial charge in [0.05, 0.1) is 24.5 Å². The Morgan fingerprint density at radius 1 is 1.30 bits per heavy atom. The Labute approximate surface area is 191 Å². The summed E-state index contributed by atoms with van der Waals surface area (Å²) in [6.07, 6.45) is 3.10. The number of aryl methyl sites for hydroxylation is 1. The van der Waals surface area contributed by atoms with Crippen LogP contribution in [0.4, 0.5) is 19.7 Å². The van der Waals surface area contributed by atoms with E-state index in [1.54, 1.807) is 27.0 Å². The Hall–Kier alpha value is -3.17. The number of nitrogens with one attached hydrogen (secondary N) is 1. The first-order chi connectivity index (χ1) is 15.6. The Kier molecular flexibility index (Phi) is 6.02. The van der Waals surface area contributed by atoms with Crippen LogP contribution in [0.25, 0.3) is 11.0 Å². The molecule has 0 aliphatic carbocycles. The van der Waals surface area contributed by atoms with E-state index >= 15 is 4.39 Å². The maximum atomic E-state index is 15.3. The molecule has 2 saturated heterocycles. The van der Waals surface area contributed by atoms with Crippen molar-refractivity contribution >= 4 is 34.8 Å². The summed E-state index contributed by atoms with van der Waals surface area (Å²) in [5, 5.41) is 3.17. The third-order valence-electron chi connectivity index (χ3n) is 6.00. The van der Waals surface area contributed by atoms with E-state index in [1.807, 2.05) is 23.8 Å². The van der Waals surface area contributed by atoms with Gasteiger partial charge in [0.2, 0.25) is 5.91 Å². The van der Waals surface area contributed by atoms with Crippen LogP contribution in [-0.4, -0.2) is 63.9 Å². The SMILES string of the molecule is CCc1cn(C2CCN(C(=O)OC(C)(C)C)CC2F)c2ncc(N3CCC(=O)NC3=O)cc12. The largest absolute Gasteiger partial charge is 0.444 e. The number of amides is 4. The molecule has 2 unspecified atom stereocenters. The second kappa shape index (κ2) is 8.64. The second-order valence-corrected chi connectivity index (χ2v) is 9.53. The molecule has 4 amide bonds.